The Kier molecular flexibility index (Phi) is 6.58. The number of nitrogens with one attached hydrogen (secondary N) is 1. The summed E-state index contributed by atoms with van der Waals surface area (Å²) in [6, 6.07) is 6.09. The normalized spacial score (nSPS) is 18.7. The first-order chi connectivity index (χ1) is 11.0. The average molecular weight is 337 g/mol. The van der Waals surface area contributed by atoms with E-state index in [1.807, 2.05) is 6.07 Å². The van der Waals surface area contributed by atoms with E-state index in [0.29, 0.717) is 17.8 Å². The van der Waals surface area contributed by atoms with Gasteiger partial charge in [-0.25, -0.2) is 0 Å². The van der Waals surface area contributed by atoms with Gasteiger partial charge in [0.15, 0.2) is 5.96 Å². The molecule has 1 aromatic carbocycles. The van der Waals surface area contributed by atoms with Crippen molar-refractivity contribution in [2.45, 2.75) is 33.6 Å². The zero-order valence-corrected chi connectivity index (χ0v) is 15.2. The fourth-order valence-electron chi connectivity index (χ4n) is 2.90. The first kappa shape index (κ1) is 17.9. The summed E-state index contributed by atoms with van der Waals surface area (Å²) in [4.78, 5) is 6.91. The fourth-order valence-corrected chi connectivity index (χ4v) is 3.06. The number of aryl methyl sites for hydroxylation is 1. The number of anilines is 1. The van der Waals surface area contributed by atoms with Gasteiger partial charge in [0.05, 0.1) is 0 Å². The Morgan fingerprint density at radius 2 is 2.26 bits per heavy atom. The number of halogens is 1. The second kappa shape index (κ2) is 8.44. The van der Waals surface area contributed by atoms with Crippen LogP contribution in [0.3, 0.4) is 0 Å². The van der Waals surface area contributed by atoms with E-state index < -0.39 is 0 Å². The lowest BCUT2D eigenvalue weighted by Crippen LogP contribution is -2.33. The molecule has 0 spiro atoms. The quantitative estimate of drug-likeness (QED) is 0.618. The van der Waals surface area contributed by atoms with Gasteiger partial charge in [-0.3, -0.25) is 4.99 Å². The maximum absolute atomic E-state index is 6.13. The summed E-state index contributed by atoms with van der Waals surface area (Å²) in [6.45, 7) is 10.3. The average Bonchev–Trinajstić information content (AvgIpc) is 2.96. The first-order valence-electron chi connectivity index (χ1n) is 8.50. The van der Waals surface area contributed by atoms with Gasteiger partial charge in [0, 0.05) is 36.9 Å². The minimum Gasteiger partial charge on any atom is -0.371 e. The smallest absolute Gasteiger partial charge is 0.188 e. The van der Waals surface area contributed by atoms with Crippen molar-refractivity contribution in [2.75, 3.05) is 31.1 Å². The van der Waals surface area contributed by atoms with Gasteiger partial charge in [-0.2, -0.15) is 0 Å². The molecule has 128 valence electrons. The van der Waals surface area contributed by atoms with Gasteiger partial charge >= 0.3 is 0 Å². The third-order valence-electron chi connectivity index (χ3n) is 4.35. The van der Waals surface area contributed by atoms with E-state index in [1.165, 1.54) is 11.3 Å². The minimum atomic E-state index is 0.554. The Hall–Kier alpha value is -1.42. The van der Waals surface area contributed by atoms with Gasteiger partial charge in [-0.15, -0.1) is 0 Å². The number of rotatable bonds is 6. The highest BCUT2D eigenvalue weighted by Gasteiger charge is 2.23. The molecular weight excluding hydrogens is 308 g/mol. The van der Waals surface area contributed by atoms with Gasteiger partial charge in [0.2, 0.25) is 0 Å². The fraction of sp³-hybridized carbons (Fsp3) is 0.611. The van der Waals surface area contributed by atoms with Gasteiger partial charge in [0.1, 0.15) is 0 Å². The van der Waals surface area contributed by atoms with Crippen LogP contribution in [0, 0.1) is 18.8 Å². The summed E-state index contributed by atoms with van der Waals surface area (Å²) in [5.74, 6) is 1.81. The van der Waals surface area contributed by atoms with E-state index in [0.717, 1.165) is 44.0 Å². The molecule has 5 heteroatoms. The number of hydrogen-bond acceptors (Lipinski definition) is 2. The van der Waals surface area contributed by atoms with Gasteiger partial charge < -0.3 is 16.0 Å². The SMILES string of the molecule is Cc1ccc(Cl)cc1N1CCC(CN=C(N)NCCC(C)C)C1. The Morgan fingerprint density at radius 3 is 3.00 bits per heavy atom. The van der Waals surface area contributed by atoms with Crippen molar-refractivity contribution in [1.29, 1.82) is 0 Å². The zero-order valence-electron chi connectivity index (χ0n) is 14.5. The molecule has 0 aliphatic carbocycles. The number of hydrogen-bond donors (Lipinski definition) is 2. The molecule has 0 amide bonds. The molecule has 3 N–H and O–H groups in total. The lowest BCUT2D eigenvalue weighted by atomic mass is 10.1. The summed E-state index contributed by atoms with van der Waals surface area (Å²) >= 11 is 6.13. The van der Waals surface area contributed by atoms with Crippen molar-refractivity contribution in [2.24, 2.45) is 22.6 Å². The highest BCUT2D eigenvalue weighted by Crippen LogP contribution is 2.29. The summed E-state index contributed by atoms with van der Waals surface area (Å²) in [5.41, 5.74) is 8.45. The van der Waals surface area contributed by atoms with E-state index >= 15 is 0 Å². The maximum Gasteiger partial charge on any atom is 0.188 e. The molecule has 1 aliphatic rings. The molecule has 0 saturated carbocycles. The molecule has 1 aliphatic heterocycles. The molecule has 1 fully saturated rings. The Labute approximate surface area is 145 Å². The summed E-state index contributed by atoms with van der Waals surface area (Å²) in [5, 5.41) is 3.99. The molecule has 23 heavy (non-hydrogen) atoms. The van der Waals surface area contributed by atoms with Crippen LogP contribution in [0.1, 0.15) is 32.3 Å². The van der Waals surface area contributed by atoms with Crippen molar-refractivity contribution in [1.82, 2.24) is 5.32 Å². The molecular formula is C18H29ClN4. The second-order valence-corrected chi connectivity index (χ2v) is 7.30. The van der Waals surface area contributed by atoms with Crippen LogP contribution in [0.4, 0.5) is 5.69 Å². The molecule has 0 bridgehead atoms. The van der Waals surface area contributed by atoms with Crippen molar-refractivity contribution >= 4 is 23.2 Å². The largest absolute Gasteiger partial charge is 0.371 e. The van der Waals surface area contributed by atoms with Crippen molar-refractivity contribution in [3.63, 3.8) is 0 Å². The van der Waals surface area contributed by atoms with Crippen LogP contribution < -0.4 is 16.0 Å². The van der Waals surface area contributed by atoms with E-state index in [1.54, 1.807) is 0 Å². The van der Waals surface area contributed by atoms with E-state index in [9.17, 15) is 0 Å². The highest BCUT2D eigenvalue weighted by atomic mass is 35.5. The summed E-state index contributed by atoms with van der Waals surface area (Å²) < 4.78 is 0. The van der Waals surface area contributed by atoms with Crippen LogP contribution >= 0.6 is 11.6 Å². The van der Waals surface area contributed by atoms with Crippen molar-refractivity contribution in [3.05, 3.63) is 28.8 Å². The number of benzene rings is 1. The van der Waals surface area contributed by atoms with Crippen molar-refractivity contribution < 1.29 is 0 Å². The Morgan fingerprint density at radius 1 is 1.48 bits per heavy atom. The lowest BCUT2D eigenvalue weighted by molar-refractivity contribution is 0.572. The number of nitrogens with zero attached hydrogens (tertiary/aromatic N) is 2. The van der Waals surface area contributed by atoms with Gasteiger partial charge in [-0.1, -0.05) is 31.5 Å². The van der Waals surface area contributed by atoms with E-state index in [4.69, 9.17) is 17.3 Å². The monoisotopic (exact) mass is 336 g/mol. The van der Waals surface area contributed by atoms with Gasteiger partial charge in [0.25, 0.3) is 0 Å². The second-order valence-electron chi connectivity index (χ2n) is 6.87. The van der Waals surface area contributed by atoms with E-state index in [2.05, 4.69) is 48.1 Å². The predicted molar refractivity (Wildman–Crippen MR) is 100 cm³/mol. The maximum atomic E-state index is 6.13. The van der Waals surface area contributed by atoms with Crippen LogP contribution in [0.15, 0.2) is 23.2 Å². The molecule has 2 rings (SSSR count). The topological polar surface area (TPSA) is 53.6 Å². The summed E-state index contributed by atoms with van der Waals surface area (Å²) in [7, 11) is 0. The standard InChI is InChI=1S/C18H29ClN4/c1-13(2)6-8-21-18(20)22-11-15-7-9-23(12-15)17-10-16(19)5-4-14(17)3/h4-5,10,13,15H,6-9,11-12H2,1-3H3,(H3,20,21,22). The molecule has 0 radical (unpaired) electrons. The first-order valence-corrected chi connectivity index (χ1v) is 8.88. The molecule has 1 heterocycles. The van der Waals surface area contributed by atoms with E-state index in [-0.39, 0.29) is 0 Å². The third kappa shape index (κ3) is 5.61. The predicted octanol–water partition coefficient (Wildman–Crippen LogP) is 3.43. The Balaban J connectivity index is 1.82. The molecule has 0 aromatic heterocycles. The molecule has 4 nitrogen and oxygen atoms in total. The Bertz CT molecular complexity index is 542. The van der Waals surface area contributed by atoms with Crippen LogP contribution in [0.25, 0.3) is 0 Å². The molecule has 1 unspecified atom stereocenters. The third-order valence-corrected chi connectivity index (χ3v) is 4.58. The zero-order chi connectivity index (χ0) is 16.8. The summed E-state index contributed by atoms with van der Waals surface area (Å²) in [6.07, 6.45) is 2.26. The molecule has 1 aromatic rings. The highest BCUT2D eigenvalue weighted by molar-refractivity contribution is 6.30. The minimum absolute atomic E-state index is 0.554. The van der Waals surface area contributed by atoms with Crippen LogP contribution in [-0.2, 0) is 0 Å². The van der Waals surface area contributed by atoms with Gasteiger partial charge in [-0.05, 0) is 49.3 Å². The molecule has 1 atom stereocenters. The number of nitrogens with two attached hydrogens (primary N) is 1. The van der Waals surface area contributed by atoms with Crippen LogP contribution in [0.5, 0.6) is 0 Å². The van der Waals surface area contributed by atoms with Crippen LogP contribution in [0.2, 0.25) is 5.02 Å². The lowest BCUT2D eigenvalue weighted by Gasteiger charge is -2.21. The molecule has 1 saturated heterocycles. The number of aliphatic imine (C=N–C) groups is 1. The van der Waals surface area contributed by atoms with Crippen molar-refractivity contribution in [3.8, 4) is 0 Å². The number of guanidine groups is 1. The van der Waals surface area contributed by atoms with Crippen LogP contribution in [-0.4, -0.2) is 32.1 Å².